The number of carbonyl (C=O) groups is 2. The van der Waals surface area contributed by atoms with Gasteiger partial charge in [-0.1, -0.05) is 37.0 Å². The highest BCUT2D eigenvalue weighted by Gasteiger charge is 2.12. The second kappa shape index (κ2) is 9.06. The second-order valence-electron chi connectivity index (χ2n) is 6.56. The van der Waals surface area contributed by atoms with Gasteiger partial charge in [0.2, 0.25) is 11.8 Å². The standard InChI is InChI=1S/C19H22Cl2N4O2/c1-11(2)10-25-19(21)15(12(3)24-25)6-8-18(27)23-14-5-7-17(16(20)9-14)22-13(4)26/h5-9,11H,10H2,1-4H3,(H,22,26)(H,23,27). The van der Waals surface area contributed by atoms with E-state index >= 15 is 0 Å². The van der Waals surface area contributed by atoms with Gasteiger partial charge in [0.15, 0.2) is 0 Å². The van der Waals surface area contributed by atoms with Crippen LogP contribution in [0, 0.1) is 12.8 Å². The minimum absolute atomic E-state index is 0.220. The summed E-state index contributed by atoms with van der Waals surface area (Å²) in [4.78, 5) is 23.3. The van der Waals surface area contributed by atoms with Gasteiger partial charge < -0.3 is 10.6 Å². The zero-order chi connectivity index (χ0) is 20.1. The van der Waals surface area contributed by atoms with E-state index in [1.54, 1.807) is 29.0 Å². The molecular weight excluding hydrogens is 387 g/mol. The van der Waals surface area contributed by atoms with Crippen molar-refractivity contribution in [3.8, 4) is 0 Å². The number of amides is 2. The van der Waals surface area contributed by atoms with Crippen molar-refractivity contribution in [2.45, 2.75) is 34.2 Å². The fourth-order valence-corrected chi connectivity index (χ4v) is 2.98. The van der Waals surface area contributed by atoms with Crippen molar-refractivity contribution in [3.63, 3.8) is 0 Å². The number of hydrogen-bond donors (Lipinski definition) is 2. The highest BCUT2D eigenvalue weighted by molar-refractivity contribution is 6.34. The van der Waals surface area contributed by atoms with Gasteiger partial charge in [-0.15, -0.1) is 0 Å². The van der Waals surface area contributed by atoms with E-state index in [2.05, 4.69) is 29.6 Å². The molecule has 8 heteroatoms. The van der Waals surface area contributed by atoms with E-state index in [0.717, 1.165) is 5.69 Å². The topological polar surface area (TPSA) is 76.0 Å². The number of nitrogens with zero attached hydrogens (tertiary/aromatic N) is 2. The average molecular weight is 409 g/mol. The summed E-state index contributed by atoms with van der Waals surface area (Å²) < 4.78 is 1.74. The Morgan fingerprint density at radius 3 is 2.56 bits per heavy atom. The third-order valence-corrected chi connectivity index (χ3v) is 4.31. The molecule has 0 fully saturated rings. The predicted octanol–water partition coefficient (Wildman–Crippen LogP) is 4.76. The first-order chi connectivity index (χ1) is 12.7. The van der Waals surface area contributed by atoms with E-state index in [1.807, 2.05) is 6.92 Å². The normalized spacial score (nSPS) is 11.2. The Bertz CT molecular complexity index is 888. The highest BCUT2D eigenvalue weighted by Crippen LogP contribution is 2.26. The van der Waals surface area contributed by atoms with E-state index in [-0.39, 0.29) is 11.8 Å². The molecule has 6 nitrogen and oxygen atoms in total. The molecule has 0 aliphatic carbocycles. The molecule has 0 spiro atoms. The first-order valence-electron chi connectivity index (χ1n) is 8.46. The number of hydrogen-bond acceptors (Lipinski definition) is 3. The SMILES string of the molecule is CC(=O)Nc1ccc(NC(=O)C=Cc2c(C)nn(CC(C)C)c2Cl)cc1Cl. The number of halogens is 2. The largest absolute Gasteiger partial charge is 0.325 e. The predicted molar refractivity (Wildman–Crippen MR) is 110 cm³/mol. The molecule has 0 bridgehead atoms. The summed E-state index contributed by atoms with van der Waals surface area (Å²) in [5.41, 5.74) is 2.47. The van der Waals surface area contributed by atoms with Crippen LogP contribution in [0.3, 0.4) is 0 Å². The maximum Gasteiger partial charge on any atom is 0.248 e. The highest BCUT2D eigenvalue weighted by atomic mass is 35.5. The maximum atomic E-state index is 12.2. The third-order valence-electron chi connectivity index (χ3n) is 3.60. The van der Waals surface area contributed by atoms with Crippen molar-refractivity contribution in [2.75, 3.05) is 10.6 Å². The van der Waals surface area contributed by atoms with Crippen LogP contribution < -0.4 is 10.6 Å². The molecule has 0 aliphatic heterocycles. The number of benzene rings is 1. The van der Waals surface area contributed by atoms with Crippen molar-refractivity contribution < 1.29 is 9.59 Å². The lowest BCUT2D eigenvalue weighted by atomic mass is 10.2. The third kappa shape index (κ3) is 5.84. The molecule has 0 atom stereocenters. The van der Waals surface area contributed by atoms with Crippen LogP contribution in [0.2, 0.25) is 10.2 Å². The molecule has 0 aliphatic rings. The fourth-order valence-electron chi connectivity index (χ4n) is 2.45. The second-order valence-corrected chi connectivity index (χ2v) is 7.33. The molecule has 0 saturated carbocycles. The van der Waals surface area contributed by atoms with Gasteiger partial charge in [0.05, 0.1) is 16.4 Å². The lowest BCUT2D eigenvalue weighted by Gasteiger charge is -2.08. The van der Waals surface area contributed by atoms with Crippen LogP contribution in [0.5, 0.6) is 0 Å². The monoisotopic (exact) mass is 408 g/mol. The fraction of sp³-hybridized carbons (Fsp3) is 0.316. The molecule has 2 aromatic rings. The zero-order valence-corrected chi connectivity index (χ0v) is 17.1. The van der Waals surface area contributed by atoms with Gasteiger partial charge in [0.1, 0.15) is 5.15 Å². The van der Waals surface area contributed by atoms with E-state index in [0.29, 0.717) is 39.6 Å². The first kappa shape index (κ1) is 21.0. The van der Waals surface area contributed by atoms with Crippen LogP contribution in [-0.2, 0) is 16.1 Å². The van der Waals surface area contributed by atoms with E-state index in [1.165, 1.54) is 13.0 Å². The molecule has 144 valence electrons. The minimum atomic E-state index is -0.328. The Morgan fingerprint density at radius 1 is 1.26 bits per heavy atom. The molecule has 2 amide bonds. The van der Waals surface area contributed by atoms with Crippen molar-refractivity contribution in [3.05, 3.63) is 45.7 Å². The van der Waals surface area contributed by atoms with Crippen molar-refractivity contribution in [2.24, 2.45) is 5.92 Å². The Balaban J connectivity index is 2.09. The minimum Gasteiger partial charge on any atom is -0.325 e. The maximum absolute atomic E-state index is 12.2. The van der Waals surface area contributed by atoms with Crippen molar-refractivity contribution in [1.82, 2.24) is 9.78 Å². The molecule has 0 saturated heterocycles. The lowest BCUT2D eigenvalue weighted by Crippen LogP contribution is -2.09. The molecular formula is C19H22Cl2N4O2. The van der Waals surface area contributed by atoms with E-state index in [9.17, 15) is 9.59 Å². The first-order valence-corrected chi connectivity index (χ1v) is 9.22. The molecule has 2 rings (SSSR count). The van der Waals surface area contributed by atoms with Crippen LogP contribution in [0.4, 0.5) is 11.4 Å². The van der Waals surface area contributed by atoms with Crippen molar-refractivity contribution in [1.29, 1.82) is 0 Å². The number of anilines is 2. The summed E-state index contributed by atoms with van der Waals surface area (Å²) in [5.74, 6) is -0.139. The van der Waals surface area contributed by atoms with Gasteiger partial charge in [-0.2, -0.15) is 5.10 Å². The van der Waals surface area contributed by atoms with Gasteiger partial charge in [0.25, 0.3) is 0 Å². The Labute approximate surface area is 168 Å². The number of nitrogens with one attached hydrogen (secondary N) is 2. The smallest absolute Gasteiger partial charge is 0.248 e. The summed E-state index contributed by atoms with van der Waals surface area (Å²) in [6.07, 6.45) is 3.04. The number of carbonyl (C=O) groups excluding carboxylic acids is 2. The van der Waals surface area contributed by atoms with Crippen LogP contribution in [0.15, 0.2) is 24.3 Å². The molecule has 2 N–H and O–H groups in total. The van der Waals surface area contributed by atoms with Gasteiger partial charge in [0, 0.05) is 30.8 Å². The Morgan fingerprint density at radius 2 is 1.96 bits per heavy atom. The number of rotatable bonds is 6. The summed E-state index contributed by atoms with van der Waals surface area (Å²) >= 11 is 12.5. The average Bonchev–Trinajstić information content (AvgIpc) is 2.81. The van der Waals surface area contributed by atoms with Crippen LogP contribution in [0.1, 0.15) is 32.0 Å². The molecule has 27 heavy (non-hydrogen) atoms. The zero-order valence-electron chi connectivity index (χ0n) is 15.6. The Kier molecular flexibility index (Phi) is 7.05. The molecule has 0 unspecified atom stereocenters. The summed E-state index contributed by atoms with van der Waals surface area (Å²) in [7, 11) is 0. The summed E-state index contributed by atoms with van der Waals surface area (Å²) in [5, 5.41) is 10.6. The van der Waals surface area contributed by atoms with Crippen molar-refractivity contribution >= 4 is 52.5 Å². The van der Waals surface area contributed by atoms with Gasteiger partial charge in [-0.3, -0.25) is 14.3 Å². The summed E-state index contributed by atoms with van der Waals surface area (Å²) in [6, 6.07) is 4.85. The quantitative estimate of drug-likeness (QED) is 0.676. The van der Waals surface area contributed by atoms with Gasteiger partial charge in [-0.25, -0.2) is 0 Å². The van der Waals surface area contributed by atoms with Crippen LogP contribution >= 0.6 is 23.2 Å². The van der Waals surface area contributed by atoms with Gasteiger partial charge in [-0.05, 0) is 37.1 Å². The number of aryl methyl sites for hydroxylation is 1. The molecule has 1 aromatic heterocycles. The van der Waals surface area contributed by atoms with Gasteiger partial charge >= 0.3 is 0 Å². The molecule has 0 radical (unpaired) electrons. The van der Waals surface area contributed by atoms with Crippen LogP contribution in [-0.4, -0.2) is 21.6 Å². The molecule has 1 heterocycles. The molecule has 1 aromatic carbocycles. The van der Waals surface area contributed by atoms with Crippen LogP contribution in [0.25, 0.3) is 6.08 Å². The summed E-state index contributed by atoms with van der Waals surface area (Å²) in [6.45, 7) is 8.12. The van der Waals surface area contributed by atoms with E-state index < -0.39 is 0 Å². The lowest BCUT2D eigenvalue weighted by molar-refractivity contribution is -0.114. The van der Waals surface area contributed by atoms with E-state index in [4.69, 9.17) is 23.2 Å². The number of aromatic nitrogens is 2. The Hall–Kier alpha value is -2.31.